The first-order valence-electron chi connectivity index (χ1n) is 9.74. The van der Waals surface area contributed by atoms with Crippen LogP contribution in [-0.4, -0.2) is 36.6 Å². The van der Waals surface area contributed by atoms with Gasteiger partial charge in [-0.3, -0.25) is 9.78 Å². The smallest absolute Gasteiger partial charge is 0.255 e. The summed E-state index contributed by atoms with van der Waals surface area (Å²) >= 11 is 1.69. The molecule has 4 aromatic rings. The molecule has 5 rings (SSSR count). The van der Waals surface area contributed by atoms with E-state index < -0.39 is 0 Å². The third-order valence-corrected chi connectivity index (χ3v) is 6.07. The lowest BCUT2D eigenvalue weighted by Gasteiger charge is -2.23. The van der Waals surface area contributed by atoms with E-state index in [9.17, 15) is 4.79 Å². The minimum Gasteiger partial charge on any atom is -0.331 e. The molecule has 0 atom stereocenters. The van der Waals surface area contributed by atoms with E-state index in [1.54, 1.807) is 29.9 Å². The molecular weight excluding hydrogens is 382 g/mol. The van der Waals surface area contributed by atoms with E-state index in [0.29, 0.717) is 24.7 Å². The molecule has 0 radical (unpaired) electrons. The molecule has 0 aliphatic heterocycles. The molecule has 0 N–H and O–H groups in total. The molecule has 4 aromatic heterocycles. The Hall–Kier alpha value is -3.06. The van der Waals surface area contributed by atoms with Crippen molar-refractivity contribution in [3.63, 3.8) is 0 Å². The van der Waals surface area contributed by atoms with Gasteiger partial charge in [-0.05, 0) is 55.0 Å². The summed E-state index contributed by atoms with van der Waals surface area (Å²) in [4.78, 5) is 25.5. The van der Waals surface area contributed by atoms with Crippen LogP contribution in [-0.2, 0) is 13.1 Å². The molecular formula is C22H21N5OS. The zero-order chi connectivity index (χ0) is 19.8. The lowest BCUT2D eigenvalue weighted by atomic mass is 10.1. The van der Waals surface area contributed by atoms with Crippen LogP contribution in [0, 0.1) is 6.92 Å². The lowest BCUT2D eigenvalue weighted by Crippen LogP contribution is -2.32. The summed E-state index contributed by atoms with van der Waals surface area (Å²) in [6.07, 6.45) is 7.44. The second-order valence-electron chi connectivity index (χ2n) is 7.45. The van der Waals surface area contributed by atoms with Gasteiger partial charge in [0.2, 0.25) is 0 Å². The summed E-state index contributed by atoms with van der Waals surface area (Å²) in [6.45, 7) is 3.19. The van der Waals surface area contributed by atoms with Crippen LogP contribution in [0.2, 0.25) is 0 Å². The van der Waals surface area contributed by atoms with Crippen LogP contribution >= 0.6 is 11.3 Å². The first-order valence-corrected chi connectivity index (χ1v) is 10.6. The number of hydrogen-bond acceptors (Lipinski definition) is 5. The molecule has 1 saturated carbocycles. The molecule has 0 aromatic carbocycles. The molecule has 29 heavy (non-hydrogen) atoms. The molecule has 1 aliphatic rings. The largest absolute Gasteiger partial charge is 0.331 e. The molecule has 0 spiro atoms. The number of fused-ring (bicyclic) bond motifs is 1. The van der Waals surface area contributed by atoms with Crippen LogP contribution in [0.5, 0.6) is 0 Å². The Morgan fingerprint density at radius 2 is 2.10 bits per heavy atom. The van der Waals surface area contributed by atoms with Crippen LogP contribution in [0.1, 0.15) is 39.3 Å². The Kier molecular flexibility index (Phi) is 4.60. The van der Waals surface area contributed by atoms with Crippen molar-refractivity contribution < 1.29 is 4.79 Å². The number of rotatable bonds is 6. The fourth-order valence-corrected chi connectivity index (χ4v) is 4.29. The summed E-state index contributed by atoms with van der Waals surface area (Å²) in [5, 5.41) is 7.41. The molecule has 6 nitrogen and oxygen atoms in total. The van der Waals surface area contributed by atoms with Crippen molar-refractivity contribution in [2.75, 3.05) is 0 Å². The van der Waals surface area contributed by atoms with Crippen LogP contribution in [0.25, 0.3) is 11.0 Å². The number of amides is 1. The van der Waals surface area contributed by atoms with Gasteiger partial charge in [-0.25, -0.2) is 9.67 Å². The average molecular weight is 404 g/mol. The molecule has 1 aliphatic carbocycles. The quantitative estimate of drug-likeness (QED) is 0.487. The van der Waals surface area contributed by atoms with Gasteiger partial charge in [-0.2, -0.15) is 5.10 Å². The highest BCUT2D eigenvalue weighted by Gasteiger charge is 2.34. The number of carbonyl (C=O) groups excluding carboxylic acids is 1. The van der Waals surface area contributed by atoms with E-state index in [4.69, 9.17) is 0 Å². The van der Waals surface area contributed by atoms with Gasteiger partial charge in [-0.1, -0.05) is 6.07 Å². The Labute approximate surface area is 172 Å². The molecule has 0 bridgehead atoms. The summed E-state index contributed by atoms with van der Waals surface area (Å²) in [7, 11) is 0. The van der Waals surface area contributed by atoms with Crippen LogP contribution < -0.4 is 0 Å². The van der Waals surface area contributed by atoms with Crippen LogP contribution in [0.4, 0.5) is 0 Å². The maximum absolute atomic E-state index is 13.6. The van der Waals surface area contributed by atoms with Crippen molar-refractivity contribution in [3.8, 4) is 0 Å². The van der Waals surface area contributed by atoms with Gasteiger partial charge >= 0.3 is 0 Å². The number of aryl methyl sites for hydroxylation is 1. The van der Waals surface area contributed by atoms with Crippen molar-refractivity contribution in [1.29, 1.82) is 0 Å². The second kappa shape index (κ2) is 7.40. The molecule has 146 valence electrons. The zero-order valence-corrected chi connectivity index (χ0v) is 17.0. The second-order valence-corrected chi connectivity index (χ2v) is 8.48. The fourth-order valence-electron chi connectivity index (χ4n) is 3.61. The number of aromatic nitrogens is 4. The SMILES string of the molecule is Cc1cc(C(=O)N(Cc2ccncc2)C2CC2)c2cnn(Cc3cccs3)c2n1. The van der Waals surface area contributed by atoms with Crippen molar-refractivity contribution in [2.24, 2.45) is 0 Å². The monoisotopic (exact) mass is 403 g/mol. The molecule has 7 heteroatoms. The third kappa shape index (κ3) is 3.65. The zero-order valence-electron chi connectivity index (χ0n) is 16.2. The van der Waals surface area contributed by atoms with E-state index in [2.05, 4.69) is 26.5 Å². The van der Waals surface area contributed by atoms with Gasteiger partial charge in [0.1, 0.15) is 0 Å². The summed E-state index contributed by atoms with van der Waals surface area (Å²) in [5.74, 6) is 0.0514. The first kappa shape index (κ1) is 18.0. The highest BCUT2D eigenvalue weighted by Crippen LogP contribution is 2.31. The Balaban J connectivity index is 1.51. The number of carbonyl (C=O) groups is 1. The third-order valence-electron chi connectivity index (χ3n) is 5.20. The number of nitrogens with zero attached hydrogens (tertiary/aromatic N) is 5. The normalized spacial score (nSPS) is 13.7. The average Bonchev–Trinajstić information content (AvgIpc) is 3.30. The Bertz CT molecular complexity index is 1150. The fraction of sp³-hybridized carbons (Fsp3) is 0.273. The summed E-state index contributed by atoms with van der Waals surface area (Å²) in [6, 6.07) is 10.3. The Morgan fingerprint density at radius 1 is 1.28 bits per heavy atom. The van der Waals surface area contributed by atoms with Gasteiger partial charge in [0.15, 0.2) is 5.65 Å². The van der Waals surface area contributed by atoms with Crippen molar-refractivity contribution in [1.82, 2.24) is 24.6 Å². The van der Waals surface area contributed by atoms with Crippen molar-refractivity contribution >= 4 is 28.3 Å². The predicted molar refractivity (Wildman–Crippen MR) is 113 cm³/mol. The lowest BCUT2D eigenvalue weighted by molar-refractivity contribution is 0.0731. The van der Waals surface area contributed by atoms with Gasteiger partial charge < -0.3 is 4.90 Å². The van der Waals surface area contributed by atoms with E-state index in [1.807, 2.05) is 40.8 Å². The van der Waals surface area contributed by atoms with E-state index in [-0.39, 0.29) is 5.91 Å². The molecule has 1 amide bonds. The van der Waals surface area contributed by atoms with Gasteiger partial charge in [0.05, 0.1) is 23.7 Å². The number of thiophene rings is 1. The predicted octanol–water partition coefficient (Wildman–Crippen LogP) is 4.05. The van der Waals surface area contributed by atoms with E-state index in [1.165, 1.54) is 4.88 Å². The van der Waals surface area contributed by atoms with Crippen molar-refractivity contribution in [2.45, 2.75) is 38.9 Å². The van der Waals surface area contributed by atoms with Gasteiger partial charge in [-0.15, -0.1) is 11.3 Å². The topological polar surface area (TPSA) is 63.9 Å². The van der Waals surface area contributed by atoms with Crippen molar-refractivity contribution in [3.05, 3.63) is 76.0 Å². The standard InChI is InChI=1S/C22H21N5OS/c1-15-11-19(20-12-24-27(21(20)25-15)14-18-3-2-10-29-18)22(28)26(17-4-5-17)13-16-6-8-23-9-7-16/h2-3,6-12,17H,4-5,13-14H2,1H3. The first-order chi connectivity index (χ1) is 14.2. The minimum atomic E-state index is 0.0514. The maximum Gasteiger partial charge on any atom is 0.255 e. The Morgan fingerprint density at radius 3 is 2.83 bits per heavy atom. The molecule has 0 unspecified atom stereocenters. The minimum absolute atomic E-state index is 0.0514. The van der Waals surface area contributed by atoms with E-state index >= 15 is 0 Å². The highest BCUT2D eigenvalue weighted by molar-refractivity contribution is 7.09. The van der Waals surface area contributed by atoms with Gasteiger partial charge in [0.25, 0.3) is 5.91 Å². The summed E-state index contributed by atoms with van der Waals surface area (Å²) < 4.78 is 1.88. The van der Waals surface area contributed by atoms with Crippen LogP contribution in [0.15, 0.2) is 54.3 Å². The molecule has 1 fully saturated rings. The van der Waals surface area contributed by atoms with E-state index in [0.717, 1.165) is 35.1 Å². The highest BCUT2D eigenvalue weighted by atomic mass is 32.1. The number of pyridine rings is 2. The van der Waals surface area contributed by atoms with Gasteiger partial charge in [0, 0.05) is 35.6 Å². The maximum atomic E-state index is 13.6. The van der Waals surface area contributed by atoms with Crippen LogP contribution in [0.3, 0.4) is 0 Å². The number of hydrogen-bond donors (Lipinski definition) is 0. The summed E-state index contributed by atoms with van der Waals surface area (Å²) in [5.41, 5.74) is 3.37. The molecule has 0 saturated heterocycles. The molecule has 4 heterocycles.